The number of aryl methyl sites for hydroxylation is 1. The molecule has 0 radical (unpaired) electrons. The van der Waals surface area contributed by atoms with Crippen molar-refractivity contribution in [2.75, 3.05) is 31.1 Å². The summed E-state index contributed by atoms with van der Waals surface area (Å²) in [5.74, 6) is 1.39. The van der Waals surface area contributed by atoms with Crippen molar-refractivity contribution < 1.29 is 9.18 Å². The van der Waals surface area contributed by atoms with Gasteiger partial charge in [-0.2, -0.15) is 0 Å². The first kappa shape index (κ1) is 19.0. The summed E-state index contributed by atoms with van der Waals surface area (Å²) in [7, 11) is 0. The first-order valence-corrected chi connectivity index (χ1v) is 9.61. The van der Waals surface area contributed by atoms with Crippen LogP contribution in [0.5, 0.6) is 0 Å². The normalized spacial score (nSPS) is 14.3. The Balaban J connectivity index is 1.39. The highest BCUT2D eigenvalue weighted by Gasteiger charge is 2.22. The molecule has 0 N–H and O–H groups in total. The number of hydrogen-bond donors (Lipinski definition) is 0. The zero-order chi connectivity index (χ0) is 20.4. The Labute approximate surface area is 168 Å². The van der Waals surface area contributed by atoms with Crippen LogP contribution in [0.4, 0.5) is 10.2 Å². The van der Waals surface area contributed by atoms with Gasteiger partial charge in [-0.25, -0.2) is 19.3 Å². The first-order chi connectivity index (χ1) is 14.0. The van der Waals surface area contributed by atoms with E-state index in [1.165, 1.54) is 12.1 Å². The predicted octanol–water partition coefficient (Wildman–Crippen LogP) is 2.31. The molecule has 1 aliphatic heterocycles. The molecular formula is C21H23FN6O. The number of benzene rings is 1. The molecular weight excluding hydrogens is 371 g/mol. The number of nitrogens with zero attached hydrogens (tertiary/aromatic N) is 6. The number of amides is 1. The van der Waals surface area contributed by atoms with Gasteiger partial charge in [0.25, 0.3) is 0 Å². The number of carbonyl (C=O) groups is 1. The lowest BCUT2D eigenvalue weighted by Gasteiger charge is -2.35. The van der Waals surface area contributed by atoms with Gasteiger partial charge in [0.2, 0.25) is 5.91 Å². The van der Waals surface area contributed by atoms with Gasteiger partial charge in [0.1, 0.15) is 30.1 Å². The van der Waals surface area contributed by atoms with Gasteiger partial charge in [0.05, 0.1) is 12.1 Å². The lowest BCUT2D eigenvalue weighted by molar-refractivity contribution is -0.130. The molecule has 0 unspecified atom stereocenters. The fourth-order valence-corrected chi connectivity index (χ4v) is 3.45. The molecule has 0 aliphatic carbocycles. The number of carbonyl (C=O) groups excluding carboxylic acids is 1. The summed E-state index contributed by atoms with van der Waals surface area (Å²) in [6.07, 6.45) is 3.62. The van der Waals surface area contributed by atoms with E-state index in [0.717, 1.165) is 28.6 Å². The monoisotopic (exact) mass is 394 g/mol. The molecule has 1 aromatic carbocycles. The van der Waals surface area contributed by atoms with E-state index in [2.05, 4.69) is 19.9 Å². The standard InChI is InChI=1S/C21H23FN6O/c1-15-16(2)28(14-25-15)20-12-19(23-13-24-20)26-7-9-27(10-8-26)21(29)11-17-3-5-18(22)6-4-17/h3-6,12-14H,7-11H2,1-2H3. The zero-order valence-electron chi connectivity index (χ0n) is 16.5. The van der Waals surface area contributed by atoms with Crippen LogP contribution in [-0.4, -0.2) is 56.5 Å². The number of hydrogen-bond acceptors (Lipinski definition) is 5. The second kappa shape index (κ2) is 7.98. The fourth-order valence-electron chi connectivity index (χ4n) is 3.45. The Hall–Kier alpha value is -3.29. The van der Waals surface area contributed by atoms with Crippen molar-refractivity contribution in [1.82, 2.24) is 24.4 Å². The van der Waals surface area contributed by atoms with Crippen LogP contribution in [0.1, 0.15) is 17.0 Å². The van der Waals surface area contributed by atoms with E-state index in [9.17, 15) is 9.18 Å². The van der Waals surface area contributed by atoms with Crippen LogP contribution in [-0.2, 0) is 11.2 Å². The number of piperazine rings is 1. The molecule has 3 heterocycles. The maximum Gasteiger partial charge on any atom is 0.227 e. The van der Waals surface area contributed by atoms with E-state index in [-0.39, 0.29) is 18.1 Å². The summed E-state index contributed by atoms with van der Waals surface area (Å²) >= 11 is 0. The fraction of sp³-hybridized carbons (Fsp3) is 0.333. The first-order valence-electron chi connectivity index (χ1n) is 9.61. The second-order valence-corrected chi connectivity index (χ2v) is 7.19. The molecule has 2 aromatic heterocycles. The molecule has 8 heteroatoms. The lowest BCUT2D eigenvalue weighted by Crippen LogP contribution is -2.49. The van der Waals surface area contributed by atoms with E-state index in [0.29, 0.717) is 26.2 Å². The predicted molar refractivity (Wildman–Crippen MR) is 108 cm³/mol. The minimum absolute atomic E-state index is 0.0594. The molecule has 150 valence electrons. The third-order valence-corrected chi connectivity index (χ3v) is 5.36. The van der Waals surface area contributed by atoms with Crippen molar-refractivity contribution in [3.05, 3.63) is 65.8 Å². The quantitative estimate of drug-likeness (QED) is 0.679. The molecule has 1 amide bonds. The smallest absolute Gasteiger partial charge is 0.227 e. The largest absolute Gasteiger partial charge is 0.353 e. The summed E-state index contributed by atoms with van der Waals surface area (Å²) in [5.41, 5.74) is 2.84. The average molecular weight is 394 g/mol. The summed E-state index contributed by atoms with van der Waals surface area (Å²) in [4.78, 5) is 29.7. The van der Waals surface area contributed by atoms with Gasteiger partial charge in [-0.1, -0.05) is 12.1 Å². The minimum atomic E-state index is -0.292. The van der Waals surface area contributed by atoms with Gasteiger partial charge in [-0.3, -0.25) is 9.36 Å². The number of aromatic nitrogens is 4. The maximum atomic E-state index is 13.0. The zero-order valence-corrected chi connectivity index (χ0v) is 16.5. The van der Waals surface area contributed by atoms with E-state index in [1.807, 2.05) is 29.4 Å². The average Bonchev–Trinajstić information content (AvgIpc) is 3.08. The maximum absolute atomic E-state index is 13.0. The van der Waals surface area contributed by atoms with Gasteiger partial charge in [0, 0.05) is 37.9 Å². The molecule has 0 bridgehead atoms. The Morgan fingerprint density at radius 1 is 1.00 bits per heavy atom. The highest BCUT2D eigenvalue weighted by Crippen LogP contribution is 2.18. The molecule has 3 aromatic rings. The van der Waals surface area contributed by atoms with Crippen molar-refractivity contribution in [3.63, 3.8) is 0 Å². The van der Waals surface area contributed by atoms with Crippen LogP contribution in [0.25, 0.3) is 5.82 Å². The number of anilines is 1. The van der Waals surface area contributed by atoms with Crippen molar-refractivity contribution >= 4 is 11.7 Å². The highest BCUT2D eigenvalue weighted by molar-refractivity contribution is 5.79. The molecule has 7 nitrogen and oxygen atoms in total. The van der Waals surface area contributed by atoms with Crippen LogP contribution in [0, 0.1) is 19.7 Å². The van der Waals surface area contributed by atoms with Crippen LogP contribution in [0.15, 0.2) is 43.0 Å². The van der Waals surface area contributed by atoms with E-state index >= 15 is 0 Å². The van der Waals surface area contributed by atoms with Gasteiger partial charge >= 0.3 is 0 Å². The molecule has 0 saturated carbocycles. The second-order valence-electron chi connectivity index (χ2n) is 7.19. The van der Waals surface area contributed by atoms with Crippen molar-refractivity contribution in [3.8, 4) is 5.82 Å². The van der Waals surface area contributed by atoms with Crippen LogP contribution in [0.2, 0.25) is 0 Å². The third-order valence-electron chi connectivity index (χ3n) is 5.36. The number of imidazole rings is 1. The highest BCUT2D eigenvalue weighted by atomic mass is 19.1. The minimum Gasteiger partial charge on any atom is -0.353 e. The topological polar surface area (TPSA) is 67.2 Å². The summed E-state index contributed by atoms with van der Waals surface area (Å²) in [6.45, 7) is 6.64. The molecule has 0 atom stereocenters. The van der Waals surface area contributed by atoms with E-state index in [1.54, 1.807) is 24.8 Å². The van der Waals surface area contributed by atoms with Crippen LogP contribution >= 0.6 is 0 Å². The Morgan fingerprint density at radius 2 is 1.69 bits per heavy atom. The SMILES string of the molecule is Cc1ncn(-c2cc(N3CCN(C(=O)Cc4ccc(F)cc4)CC3)ncn2)c1C. The summed E-state index contributed by atoms with van der Waals surface area (Å²) in [6, 6.07) is 8.04. The van der Waals surface area contributed by atoms with Crippen molar-refractivity contribution in [1.29, 1.82) is 0 Å². The lowest BCUT2D eigenvalue weighted by atomic mass is 10.1. The van der Waals surface area contributed by atoms with Crippen LogP contribution in [0.3, 0.4) is 0 Å². The molecule has 0 spiro atoms. The third kappa shape index (κ3) is 4.11. The Bertz CT molecular complexity index is 1010. The Morgan fingerprint density at radius 3 is 2.34 bits per heavy atom. The van der Waals surface area contributed by atoms with Crippen LogP contribution < -0.4 is 4.90 Å². The molecule has 29 heavy (non-hydrogen) atoms. The molecule has 4 rings (SSSR count). The van der Waals surface area contributed by atoms with Gasteiger partial charge in [-0.05, 0) is 31.5 Å². The van der Waals surface area contributed by atoms with Gasteiger partial charge in [-0.15, -0.1) is 0 Å². The molecule has 1 fully saturated rings. The summed E-state index contributed by atoms with van der Waals surface area (Å²) < 4.78 is 15.0. The van der Waals surface area contributed by atoms with Gasteiger partial charge in [0.15, 0.2) is 0 Å². The summed E-state index contributed by atoms with van der Waals surface area (Å²) in [5, 5.41) is 0. The molecule has 1 saturated heterocycles. The van der Waals surface area contributed by atoms with E-state index < -0.39 is 0 Å². The number of rotatable bonds is 4. The molecule has 1 aliphatic rings. The number of halogens is 1. The van der Waals surface area contributed by atoms with Crippen molar-refractivity contribution in [2.24, 2.45) is 0 Å². The Kier molecular flexibility index (Phi) is 5.24. The van der Waals surface area contributed by atoms with E-state index in [4.69, 9.17) is 0 Å². The van der Waals surface area contributed by atoms with Crippen molar-refractivity contribution in [2.45, 2.75) is 20.3 Å². The van der Waals surface area contributed by atoms with Gasteiger partial charge < -0.3 is 9.80 Å².